The maximum Gasteiger partial charge on any atom is 0.276 e. The van der Waals surface area contributed by atoms with Gasteiger partial charge >= 0.3 is 0 Å². The van der Waals surface area contributed by atoms with Gasteiger partial charge in [-0.1, -0.05) is 6.92 Å². The molecule has 0 fully saturated rings. The van der Waals surface area contributed by atoms with E-state index < -0.39 is 0 Å². The van der Waals surface area contributed by atoms with Gasteiger partial charge in [0.1, 0.15) is 5.69 Å². The van der Waals surface area contributed by atoms with Crippen LogP contribution in [0.3, 0.4) is 0 Å². The molecule has 2 atom stereocenters. The number of hydrogen-bond acceptors (Lipinski definition) is 5. The fourth-order valence-corrected chi connectivity index (χ4v) is 1.09. The Labute approximate surface area is 88.1 Å². The van der Waals surface area contributed by atoms with Crippen LogP contribution in [0.1, 0.15) is 13.8 Å². The third-order valence-electron chi connectivity index (χ3n) is 2.48. The van der Waals surface area contributed by atoms with Crippen molar-refractivity contribution in [1.82, 2.24) is 9.97 Å². The van der Waals surface area contributed by atoms with Crippen LogP contribution in [0, 0.1) is 5.92 Å². The molecule has 15 heavy (non-hydrogen) atoms. The Morgan fingerprint density at radius 2 is 2.27 bits per heavy atom. The molecule has 1 aromatic rings. The van der Waals surface area contributed by atoms with Gasteiger partial charge in [-0.3, -0.25) is 4.79 Å². The molecule has 0 saturated heterocycles. The van der Waals surface area contributed by atoms with E-state index >= 15 is 0 Å². The van der Waals surface area contributed by atoms with E-state index in [0.717, 1.165) is 0 Å². The van der Waals surface area contributed by atoms with E-state index in [-0.39, 0.29) is 23.2 Å². The van der Waals surface area contributed by atoms with Crippen molar-refractivity contribution in [2.24, 2.45) is 11.7 Å². The number of nitrogens with two attached hydrogens (primary N) is 2. The van der Waals surface area contributed by atoms with Crippen molar-refractivity contribution < 1.29 is 0 Å². The van der Waals surface area contributed by atoms with Crippen molar-refractivity contribution in [3.63, 3.8) is 0 Å². The molecule has 84 valence electrons. The molecular formula is C9H17N5O. The Balaban J connectivity index is 2.81. The molecular weight excluding hydrogens is 194 g/mol. The molecule has 6 N–H and O–H groups in total. The van der Waals surface area contributed by atoms with E-state index in [1.165, 1.54) is 6.33 Å². The van der Waals surface area contributed by atoms with Crippen LogP contribution < -0.4 is 22.3 Å². The number of rotatable bonds is 4. The number of nitrogen functional groups attached to an aromatic ring is 1. The Kier molecular flexibility index (Phi) is 3.68. The number of H-pyrrole nitrogens is 1. The summed E-state index contributed by atoms with van der Waals surface area (Å²) in [5.74, 6) is 0.692. The average Bonchev–Trinajstić information content (AvgIpc) is 2.23. The minimum atomic E-state index is -0.333. The van der Waals surface area contributed by atoms with Gasteiger partial charge in [0.25, 0.3) is 5.56 Å². The van der Waals surface area contributed by atoms with Gasteiger partial charge in [-0.2, -0.15) is 0 Å². The zero-order chi connectivity index (χ0) is 11.4. The van der Waals surface area contributed by atoms with Gasteiger partial charge in [0.05, 0.1) is 6.33 Å². The second kappa shape index (κ2) is 4.79. The molecule has 0 radical (unpaired) electrons. The van der Waals surface area contributed by atoms with Crippen molar-refractivity contribution in [2.75, 3.05) is 17.6 Å². The van der Waals surface area contributed by atoms with E-state index in [2.05, 4.69) is 15.3 Å². The van der Waals surface area contributed by atoms with E-state index in [9.17, 15) is 4.79 Å². The summed E-state index contributed by atoms with van der Waals surface area (Å²) in [6.45, 7) is 4.55. The second-order valence-electron chi connectivity index (χ2n) is 3.64. The fraction of sp³-hybridized carbons (Fsp3) is 0.556. The monoisotopic (exact) mass is 211 g/mol. The molecule has 6 nitrogen and oxygen atoms in total. The molecule has 1 rings (SSSR count). The molecule has 0 saturated carbocycles. The van der Waals surface area contributed by atoms with Crippen LogP contribution in [0.5, 0.6) is 0 Å². The van der Waals surface area contributed by atoms with E-state index in [1.807, 2.05) is 13.8 Å². The molecule has 0 amide bonds. The second-order valence-corrected chi connectivity index (χ2v) is 3.64. The predicted molar refractivity (Wildman–Crippen MR) is 60.6 cm³/mol. The number of aromatic nitrogens is 2. The lowest BCUT2D eigenvalue weighted by molar-refractivity contribution is 0.520. The standard InChI is InChI=1S/C9H17N5O/c1-5(3-10)6(2)14-8-7(11)9(15)13-4-12-8/h4-6H,3,10-11H2,1-2H3,(H2,12,13,14,15). The van der Waals surface area contributed by atoms with Crippen LogP contribution in [0.15, 0.2) is 11.1 Å². The summed E-state index contributed by atoms with van der Waals surface area (Å²) in [6, 6.07) is 0.117. The highest BCUT2D eigenvalue weighted by molar-refractivity contribution is 5.59. The lowest BCUT2D eigenvalue weighted by Gasteiger charge is -2.20. The van der Waals surface area contributed by atoms with Gasteiger partial charge in [-0.05, 0) is 19.4 Å². The van der Waals surface area contributed by atoms with Crippen molar-refractivity contribution in [3.05, 3.63) is 16.7 Å². The summed E-state index contributed by atoms with van der Waals surface area (Å²) in [7, 11) is 0. The molecule has 2 unspecified atom stereocenters. The molecule has 0 aliphatic carbocycles. The highest BCUT2D eigenvalue weighted by atomic mass is 16.1. The summed E-state index contributed by atoms with van der Waals surface area (Å²) in [4.78, 5) is 17.5. The minimum Gasteiger partial charge on any atom is -0.391 e. The number of nitrogens with zero attached hydrogens (tertiary/aromatic N) is 1. The molecule has 0 spiro atoms. The Morgan fingerprint density at radius 1 is 1.60 bits per heavy atom. The third kappa shape index (κ3) is 2.69. The number of hydrogen-bond donors (Lipinski definition) is 4. The molecule has 0 bridgehead atoms. The van der Waals surface area contributed by atoms with Crippen molar-refractivity contribution in [3.8, 4) is 0 Å². The van der Waals surface area contributed by atoms with Crippen LogP contribution >= 0.6 is 0 Å². The molecule has 1 aromatic heterocycles. The number of aromatic amines is 1. The predicted octanol–water partition coefficient (Wildman–Crippen LogP) is -0.253. The normalized spacial score (nSPS) is 14.6. The van der Waals surface area contributed by atoms with Gasteiger partial charge in [0.15, 0.2) is 5.82 Å². The van der Waals surface area contributed by atoms with Crippen molar-refractivity contribution in [1.29, 1.82) is 0 Å². The Hall–Kier alpha value is -1.56. The van der Waals surface area contributed by atoms with E-state index in [4.69, 9.17) is 11.5 Å². The van der Waals surface area contributed by atoms with Gasteiger partial charge in [-0.15, -0.1) is 0 Å². The first-order chi connectivity index (χ1) is 7.06. The zero-order valence-corrected chi connectivity index (χ0v) is 8.95. The van der Waals surface area contributed by atoms with Crippen LogP contribution in [0.4, 0.5) is 11.5 Å². The Bertz CT molecular complexity index is 375. The zero-order valence-electron chi connectivity index (χ0n) is 8.95. The first-order valence-corrected chi connectivity index (χ1v) is 4.86. The van der Waals surface area contributed by atoms with E-state index in [0.29, 0.717) is 12.4 Å². The summed E-state index contributed by atoms with van der Waals surface area (Å²) in [5, 5.41) is 3.07. The highest BCUT2D eigenvalue weighted by Gasteiger charge is 2.13. The third-order valence-corrected chi connectivity index (χ3v) is 2.48. The van der Waals surface area contributed by atoms with Crippen LogP contribution in [0.25, 0.3) is 0 Å². The average molecular weight is 211 g/mol. The molecule has 0 aliphatic rings. The maximum atomic E-state index is 11.2. The first-order valence-electron chi connectivity index (χ1n) is 4.86. The highest BCUT2D eigenvalue weighted by Crippen LogP contribution is 2.12. The summed E-state index contributed by atoms with van der Waals surface area (Å²) in [5.41, 5.74) is 10.9. The SMILES string of the molecule is CC(CN)C(C)Nc1nc[nH]c(=O)c1N. The summed E-state index contributed by atoms with van der Waals surface area (Å²) >= 11 is 0. The minimum absolute atomic E-state index is 0.105. The number of anilines is 2. The maximum absolute atomic E-state index is 11.2. The fourth-order valence-electron chi connectivity index (χ4n) is 1.09. The number of nitrogens with one attached hydrogen (secondary N) is 2. The lowest BCUT2D eigenvalue weighted by atomic mass is 10.0. The van der Waals surface area contributed by atoms with Gasteiger partial charge in [0, 0.05) is 6.04 Å². The molecule has 6 heteroatoms. The van der Waals surface area contributed by atoms with Crippen molar-refractivity contribution >= 4 is 11.5 Å². The van der Waals surface area contributed by atoms with E-state index in [1.54, 1.807) is 0 Å². The first kappa shape index (κ1) is 11.5. The smallest absolute Gasteiger partial charge is 0.276 e. The van der Waals surface area contributed by atoms with Gasteiger partial charge in [0.2, 0.25) is 0 Å². The lowest BCUT2D eigenvalue weighted by Crippen LogP contribution is -2.31. The topological polar surface area (TPSA) is 110 Å². The van der Waals surface area contributed by atoms with Crippen LogP contribution in [-0.4, -0.2) is 22.6 Å². The van der Waals surface area contributed by atoms with Crippen LogP contribution in [0.2, 0.25) is 0 Å². The largest absolute Gasteiger partial charge is 0.391 e. The Morgan fingerprint density at radius 3 is 2.87 bits per heavy atom. The molecule has 1 heterocycles. The molecule has 0 aliphatic heterocycles. The summed E-state index contributed by atoms with van der Waals surface area (Å²) in [6.07, 6.45) is 1.32. The van der Waals surface area contributed by atoms with Crippen LogP contribution in [-0.2, 0) is 0 Å². The van der Waals surface area contributed by atoms with Gasteiger partial charge in [-0.25, -0.2) is 4.98 Å². The quantitative estimate of drug-likeness (QED) is 0.549. The van der Waals surface area contributed by atoms with Gasteiger partial charge < -0.3 is 21.8 Å². The summed E-state index contributed by atoms with van der Waals surface area (Å²) < 4.78 is 0. The van der Waals surface area contributed by atoms with Crippen molar-refractivity contribution in [2.45, 2.75) is 19.9 Å². The molecule has 0 aromatic carbocycles.